The maximum atomic E-state index is 11.5. The Morgan fingerprint density at radius 3 is 2.62 bits per heavy atom. The van der Waals surface area contributed by atoms with Gasteiger partial charge in [0.2, 0.25) is 5.91 Å². The third-order valence-electron chi connectivity index (χ3n) is 2.60. The van der Waals surface area contributed by atoms with Crippen molar-refractivity contribution in [2.24, 2.45) is 11.5 Å². The molecule has 0 fully saturated rings. The molecule has 0 saturated carbocycles. The number of primary amides is 1. The molecule has 1 aromatic rings. The third-order valence-corrected chi connectivity index (χ3v) is 2.60. The van der Waals surface area contributed by atoms with Crippen molar-refractivity contribution in [1.82, 2.24) is 5.32 Å². The highest BCUT2D eigenvalue weighted by molar-refractivity contribution is 5.76. The summed E-state index contributed by atoms with van der Waals surface area (Å²) in [7, 11) is 1.49. The molecule has 1 atom stereocenters. The molecule has 0 heterocycles. The van der Waals surface area contributed by atoms with E-state index >= 15 is 0 Å². The van der Waals surface area contributed by atoms with E-state index in [0.29, 0.717) is 18.0 Å². The molecule has 0 bridgehead atoms. The van der Waals surface area contributed by atoms with E-state index in [4.69, 9.17) is 20.9 Å². The van der Waals surface area contributed by atoms with Crippen molar-refractivity contribution in [1.29, 1.82) is 0 Å². The van der Waals surface area contributed by atoms with Crippen LogP contribution in [0, 0.1) is 0 Å². The Morgan fingerprint density at radius 1 is 1.33 bits per heavy atom. The highest BCUT2D eigenvalue weighted by Crippen LogP contribution is 2.27. The first-order chi connectivity index (χ1) is 9.92. The number of benzene rings is 1. The highest BCUT2D eigenvalue weighted by atomic mass is 16.5. The fraction of sp³-hybridized carbons (Fsp3) is 0.429. The number of ether oxygens (including phenoxy) is 2. The summed E-state index contributed by atoms with van der Waals surface area (Å²) in [5, 5.41) is 2.76. The highest BCUT2D eigenvalue weighted by Gasteiger charge is 2.09. The monoisotopic (exact) mass is 295 g/mol. The van der Waals surface area contributed by atoms with Gasteiger partial charge in [-0.25, -0.2) is 0 Å². The van der Waals surface area contributed by atoms with Gasteiger partial charge in [-0.3, -0.25) is 9.59 Å². The Hall–Kier alpha value is -2.28. The van der Waals surface area contributed by atoms with E-state index in [1.165, 1.54) is 7.11 Å². The fourth-order valence-electron chi connectivity index (χ4n) is 1.66. The molecule has 5 N–H and O–H groups in total. The Bertz CT molecular complexity index is 503. The maximum absolute atomic E-state index is 11.5. The predicted molar refractivity (Wildman–Crippen MR) is 77.8 cm³/mol. The number of hydrogen-bond acceptors (Lipinski definition) is 5. The normalized spacial score (nSPS) is 11.6. The quantitative estimate of drug-likeness (QED) is 0.620. The van der Waals surface area contributed by atoms with E-state index in [1.54, 1.807) is 25.1 Å². The molecular formula is C14H21N3O4. The van der Waals surface area contributed by atoms with Gasteiger partial charge in [-0.1, -0.05) is 6.07 Å². The van der Waals surface area contributed by atoms with Crippen LogP contribution in [0.15, 0.2) is 18.2 Å². The molecule has 0 spiro atoms. The SMILES string of the molecule is COc1cc(CNC(=O)CC(C)N)ccc1OCC(N)=O. The van der Waals surface area contributed by atoms with Crippen LogP contribution in [0.5, 0.6) is 11.5 Å². The summed E-state index contributed by atoms with van der Waals surface area (Å²) < 4.78 is 10.4. The number of nitrogens with one attached hydrogen (secondary N) is 1. The van der Waals surface area contributed by atoms with Crippen LogP contribution in [0.3, 0.4) is 0 Å². The Morgan fingerprint density at radius 2 is 2.05 bits per heavy atom. The lowest BCUT2D eigenvalue weighted by molar-refractivity contribution is -0.121. The van der Waals surface area contributed by atoms with Crippen LogP contribution in [0.25, 0.3) is 0 Å². The van der Waals surface area contributed by atoms with Crippen LogP contribution in [0.4, 0.5) is 0 Å². The van der Waals surface area contributed by atoms with Crippen molar-refractivity contribution >= 4 is 11.8 Å². The summed E-state index contributed by atoms with van der Waals surface area (Å²) in [6, 6.07) is 4.98. The molecule has 0 radical (unpaired) electrons. The molecule has 1 unspecified atom stereocenters. The van der Waals surface area contributed by atoms with E-state index in [9.17, 15) is 9.59 Å². The van der Waals surface area contributed by atoms with E-state index in [0.717, 1.165) is 5.56 Å². The molecule has 0 saturated heterocycles. The lowest BCUT2D eigenvalue weighted by Gasteiger charge is -2.12. The molecule has 0 aromatic heterocycles. The van der Waals surface area contributed by atoms with E-state index < -0.39 is 5.91 Å². The summed E-state index contributed by atoms with van der Waals surface area (Å²) in [5.74, 6) is 0.208. The van der Waals surface area contributed by atoms with Gasteiger partial charge in [0.15, 0.2) is 18.1 Å². The molecule has 21 heavy (non-hydrogen) atoms. The summed E-state index contributed by atoms with van der Waals surface area (Å²) in [6.07, 6.45) is 0.275. The van der Waals surface area contributed by atoms with Gasteiger partial charge in [0, 0.05) is 19.0 Å². The molecule has 1 aromatic carbocycles. The number of rotatable bonds is 8. The molecule has 7 nitrogen and oxygen atoms in total. The summed E-state index contributed by atoms with van der Waals surface area (Å²) in [6.45, 7) is 1.91. The van der Waals surface area contributed by atoms with Gasteiger partial charge in [0.1, 0.15) is 0 Å². The average molecular weight is 295 g/mol. The van der Waals surface area contributed by atoms with Crippen molar-refractivity contribution in [3.05, 3.63) is 23.8 Å². The lowest BCUT2D eigenvalue weighted by atomic mass is 10.2. The fourth-order valence-corrected chi connectivity index (χ4v) is 1.66. The second-order valence-electron chi connectivity index (χ2n) is 4.70. The average Bonchev–Trinajstić information content (AvgIpc) is 2.42. The van der Waals surface area contributed by atoms with Crippen molar-refractivity contribution in [3.63, 3.8) is 0 Å². The van der Waals surface area contributed by atoms with Gasteiger partial charge in [-0.15, -0.1) is 0 Å². The third kappa shape index (κ3) is 6.13. The molecule has 0 aliphatic heterocycles. The number of nitrogens with two attached hydrogens (primary N) is 2. The molecule has 1 rings (SSSR count). The second kappa shape index (κ2) is 8.11. The van der Waals surface area contributed by atoms with E-state index in [1.807, 2.05) is 0 Å². The number of amides is 2. The summed E-state index contributed by atoms with van der Waals surface area (Å²) in [4.78, 5) is 22.2. The van der Waals surface area contributed by atoms with E-state index in [-0.39, 0.29) is 25.0 Å². The Kier molecular flexibility index (Phi) is 6.48. The predicted octanol–water partition coefficient (Wildman–Crippen LogP) is -0.0872. The molecule has 116 valence electrons. The second-order valence-corrected chi connectivity index (χ2v) is 4.70. The van der Waals surface area contributed by atoms with Gasteiger partial charge in [-0.2, -0.15) is 0 Å². The van der Waals surface area contributed by atoms with Gasteiger partial charge in [0.25, 0.3) is 5.91 Å². The minimum absolute atomic E-state index is 0.113. The number of carbonyl (C=O) groups is 2. The number of carbonyl (C=O) groups excluding carboxylic acids is 2. The zero-order valence-corrected chi connectivity index (χ0v) is 12.2. The molecular weight excluding hydrogens is 274 g/mol. The van der Waals surface area contributed by atoms with E-state index in [2.05, 4.69) is 5.32 Å². The van der Waals surface area contributed by atoms with Crippen LogP contribution in [-0.4, -0.2) is 31.6 Å². The zero-order chi connectivity index (χ0) is 15.8. The molecule has 0 aliphatic rings. The summed E-state index contributed by atoms with van der Waals surface area (Å²) in [5.41, 5.74) is 11.4. The maximum Gasteiger partial charge on any atom is 0.255 e. The first-order valence-electron chi connectivity index (χ1n) is 6.52. The van der Waals surface area contributed by atoms with Crippen LogP contribution < -0.4 is 26.3 Å². The smallest absolute Gasteiger partial charge is 0.255 e. The van der Waals surface area contributed by atoms with Crippen LogP contribution in [-0.2, 0) is 16.1 Å². The van der Waals surface area contributed by atoms with Crippen LogP contribution >= 0.6 is 0 Å². The van der Waals surface area contributed by atoms with Crippen LogP contribution in [0.2, 0.25) is 0 Å². The van der Waals surface area contributed by atoms with Crippen molar-refractivity contribution < 1.29 is 19.1 Å². The minimum atomic E-state index is -0.565. The molecule has 7 heteroatoms. The largest absolute Gasteiger partial charge is 0.493 e. The lowest BCUT2D eigenvalue weighted by Crippen LogP contribution is -2.29. The number of hydrogen-bond donors (Lipinski definition) is 3. The van der Waals surface area contributed by atoms with Crippen molar-refractivity contribution in [2.45, 2.75) is 25.9 Å². The van der Waals surface area contributed by atoms with Gasteiger partial charge < -0.3 is 26.3 Å². The van der Waals surface area contributed by atoms with Crippen molar-refractivity contribution in [2.75, 3.05) is 13.7 Å². The van der Waals surface area contributed by atoms with Gasteiger partial charge >= 0.3 is 0 Å². The molecule has 0 aliphatic carbocycles. The number of methoxy groups -OCH3 is 1. The van der Waals surface area contributed by atoms with Gasteiger partial charge in [-0.05, 0) is 24.6 Å². The first-order valence-corrected chi connectivity index (χ1v) is 6.52. The topological polar surface area (TPSA) is 117 Å². The Balaban J connectivity index is 2.64. The summed E-state index contributed by atoms with van der Waals surface area (Å²) >= 11 is 0. The zero-order valence-electron chi connectivity index (χ0n) is 12.2. The first kappa shape index (κ1) is 16.8. The Labute approximate surface area is 123 Å². The standard InChI is InChI=1S/C14H21N3O4/c1-9(15)5-14(19)17-7-10-3-4-11(12(6-10)20-2)21-8-13(16)18/h3-4,6,9H,5,7-8,15H2,1-2H3,(H2,16,18)(H,17,19). The minimum Gasteiger partial charge on any atom is -0.493 e. The van der Waals surface area contributed by atoms with Gasteiger partial charge in [0.05, 0.1) is 7.11 Å². The van der Waals surface area contributed by atoms with Crippen LogP contribution in [0.1, 0.15) is 18.9 Å². The molecule has 2 amide bonds. The van der Waals surface area contributed by atoms with Crippen molar-refractivity contribution in [3.8, 4) is 11.5 Å².